The predicted octanol–water partition coefficient (Wildman–Crippen LogP) is 2.77. The van der Waals surface area contributed by atoms with Crippen molar-refractivity contribution < 1.29 is 0 Å². The summed E-state index contributed by atoms with van der Waals surface area (Å²) in [4.78, 5) is 0. The van der Waals surface area contributed by atoms with Crippen molar-refractivity contribution in [3.8, 4) is 0 Å². The maximum atomic E-state index is 3.65. The number of allylic oxidation sites excluding steroid dienone is 3. The van der Waals surface area contributed by atoms with E-state index in [0.717, 1.165) is 0 Å². The Balaban J connectivity index is 2.59. The highest BCUT2D eigenvalue weighted by Gasteiger charge is 2.16. The van der Waals surface area contributed by atoms with E-state index in [0.29, 0.717) is 6.04 Å². The van der Waals surface area contributed by atoms with Crippen molar-refractivity contribution in [1.82, 2.24) is 5.32 Å². The minimum absolute atomic E-state index is 0.648. The molecule has 0 saturated heterocycles. The van der Waals surface area contributed by atoms with Gasteiger partial charge in [0, 0.05) is 11.7 Å². The maximum absolute atomic E-state index is 3.65. The van der Waals surface area contributed by atoms with Crippen LogP contribution in [0.25, 0.3) is 0 Å². The number of rotatable bonds is 3. The summed E-state index contributed by atoms with van der Waals surface area (Å²) < 4.78 is 0. The fourth-order valence-corrected chi connectivity index (χ4v) is 1.47. The Morgan fingerprint density at radius 3 is 2.92 bits per heavy atom. The third kappa shape index (κ3) is 2.00. The van der Waals surface area contributed by atoms with Crippen LogP contribution in [0.3, 0.4) is 0 Å². The van der Waals surface area contributed by atoms with E-state index in [9.17, 15) is 0 Å². The Bertz CT molecular complexity index is 223. The molecule has 1 unspecified atom stereocenters. The quantitative estimate of drug-likeness (QED) is 0.631. The van der Waals surface area contributed by atoms with E-state index >= 15 is 0 Å². The van der Waals surface area contributed by atoms with Crippen LogP contribution in [0.1, 0.15) is 26.7 Å². The highest BCUT2D eigenvalue weighted by molar-refractivity contribution is 5.30. The van der Waals surface area contributed by atoms with Crippen molar-refractivity contribution in [3.63, 3.8) is 0 Å². The average Bonchev–Trinajstić information content (AvgIpc) is 2.43. The van der Waals surface area contributed by atoms with Crippen molar-refractivity contribution in [2.24, 2.45) is 0 Å². The second-order valence-electron chi connectivity index (χ2n) is 3.24. The van der Waals surface area contributed by atoms with Gasteiger partial charge in [0.1, 0.15) is 0 Å². The molecule has 1 aliphatic rings. The standard InChI is InChI=1S/C11H17N/c1-4-6-7-11-9(3)8-10(5-2)12-11/h4,6-7,10,12H,1,5,8H2,2-3H3/b7-6-. The monoisotopic (exact) mass is 163 g/mol. The van der Waals surface area contributed by atoms with Gasteiger partial charge in [0.2, 0.25) is 0 Å². The van der Waals surface area contributed by atoms with Crippen LogP contribution < -0.4 is 5.32 Å². The van der Waals surface area contributed by atoms with E-state index < -0.39 is 0 Å². The molecule has 0 aromatic heterocycles. The predicted molar refractivity (Wildman–Crippen MR) is 53.9 cm³/mol. The first kappa shape index (κ1) is 9.11. The molecule has 1 heterocycles. The molecule has 0 aliphatic carbocycles. The third-order valence-corrected chi connectivity index (χ3v) is 2.26. The van der Waals surface area contributed by atoms with Gasteiger partial charge in [-0.1, -0.05) is 25.7 Å². The SMILES string of the molecule is C=C/C=C\C1=C(C)CC(CC)N1. The lowest BCUT2D eigenvalue weighted by Gasteiger charge is -2.07. The fourth-order valence-electron chi connectivity index (χ4n) is 1.47. The van der Waals surface area contributed by atoms with Crippen LogP contribution in [0, 0.1) is 0 Å². The summed E-state index contributed by atoms with van der Waals surface area (Å²) >= 11 is 0. The molecule has 0 spiro atoms. The van der Waals surface area contributed by atoms with Gasteiger partial charge in [-0.2, -0.15) is 0 Å². The van der Waals surface area contributed by atoms with Gasteiger partial charge in [-0.05, 0) is 31.4 Å². The summed E-state index contributed by atoms with van der Waals surface area (Å²) in [6.45, 7) is 8.05. The van der Waals surface area contributed by atoms with E-state index in [2.05, 4.69) is 31.8 Å². The molecule has 0 aromatic carbocycles. The molecular weight excluding hydrogens is 146 g/mol. The summed E-state index contributed by atoms with van der Waals surface area (Å²) in [6.07, 6.45) is 8.26. The first-order valence-electron chi connectivity index (χ1n) is 4.53. The molecule has 1 heteroatoms. The molecule has 0 radical (unpaired) electrons. The van der Waals surface area contributed by atoms with E-state index in [1.165, 1.54) is 24.1 Å². The lowest BCUT2D eigenvalue weighted by atomic mass is 10.1. The summed E-state index contributed by atoms with van der Waals surface area (Å²) in [5.41, 5.74) is 2.74. The van der Waals surface area contributed by atoms with Crippen LogP contribution in [0.15, 0.2) is 36.1 Å². The zero-order chi connectivity index (χ0) is 8.97. The molecule has 0 aromatic rings. The highest BCUT2D eigenvalue weighted by Crippen LogP contribution is 2.20. The number of nitrogens with one attached hydrogen (secondary N) is 1. The second kappa shape index (κ2) is 4.15. The molecule has 66 valence electrons. The van der Waals surface area contributed by atoms with Gasteiger partial charge in [0.15, 0.2) is 0 Å². The fraction of sp³-hybridized carbons (Fsp3) is 0.455. The lowest BCUT2D eigenvalue weighted by molar-refractivity contribution is 0.594. The van der Waals surface area contributed by atoms with Gasteiger partial charge in [-0.3, -0.25) is 0 Å². The Labute approximate surface area is 74.9 Å². The van der Waals surface area contributed by atoms with Gasteiger partial charge in [-0.15, -0.1) is 0 Å². The van der Waals surface area contributed by atoms with Crippen molar-refractivity contribution in [2.45, 2.75) is 32.7 Å². The minimum atomic E-state index is 0.648. The molecule has 0 saturated carbocycles. The molecule has 1 nitrogen and oxygen atoms in total. The molecule has 0 fully saturated rings. The van der Waals surface area contributed by atoms with Gasteiger partial charge in [0.05, 0.1) is 0 Å². The molecule has 1 aliphatic heterocycles. The molecule has 1 N–H and O–H groups in total. The maximum Gasteiger partial charge on any atom is 0.0332 e. The first-order chi connectivity index (χ1) is 5.77. The van der Waals surface area contributed by atoms with Crippen molar-refractivity contribution in [2.75, 3.05) is 0 Å². The second-order valence-corrected chi connectivity index (χ2v) is 3.24. The number of hydrogen-bond donors (Lipinski definition) is 1. The van der Waals surface area contributed by atoms with E-state index in [1.54, 1.807) is 6.08 Å². The average molecular weight is 163 g/mol. The molecule has 1 rings (SSSR count). The first-order valence-corrected chi connectivity index (χ1v) is 4.53. The molecule has 0 bridgehead atoms. The summed E-state index contributed by atoms with van der Waals surface area (Å²) in [5, 5.41) is 3.47. The molecule has 1 atom stereocenters. The highest BCUT2D eigenvalue weighted by atomic mass is 14.9. The number of hydrogen-bond acceptors (Lipinski definition) is 1. The third-order valence-electron chi connectivity index (χ3n) is 2.26. The summed E-state index contributed by atoms with van der Waals surface area (Å²) in [5.74, 6) is 0. The summed E-state index contributed by atoms with van der Waals surface area (Å²) in [7, 11) is 0. The molecular formula is C11H17N. The van der Waals surface area contributed by atoms with Gasteiger partial charge < -0.3 is 5.32 Å². The Morgan fingerprint density at radius 1 is 1.67 bits per heavy atom. The van der Waals surface area contributed by atoms with Crippen LogP contribution in [0.2, 0.25) is 0 Å². The van der Waals surface area contributed by atoms with E-state index in [-0.39, 0.29) is 0 Å². The lowest BCUT2D eigenvalue weighted by Crippen LogP contribution is -2.20. The Kier molecular flexibility index (Phi) is 3.15. The largest absolute Gasteiger partial charge is 0.382 e. The van der Waals surface area contributed by atoms with Gasteiger partial charge in [0.25, 0.3) is 0 Å². The van der Waals surface area contributed by atoms with Crippen LogP contribution in [0.5, 0.6) is 0 Å². The van der Waals surface area contributed by atoms with Crippen LogP contribution in [-0.4, -0.2) is 6.04 Å². The smallest absolute Gasteiger partial charge is 0.0332 e. The van der Waals surface area contributed by atoms with Gasteiger partial charge >= 0.3 is 0 Å². The van der Waals surface area contributed by atoms with Crippen LogP contribution in [0.4, 0.5) is 0 Å². The molecule has 0 amide bonds. The van der Waals surface area contributed by atoms with Gasteiger partial charge in [-0.25, -0.2) is 0 Å². The van der Waals surface area contributed by atoms with Crippen LogP contribution >= 0.6 is 0 Å². The van der Waals surface area contributed by atoms with Crippen molar-refractivity contribution in [1.29, 1.82) is 0 Å². The zero-order valence-electron chi connectivity index (χ0n) is 7.93. The summed E-state index contributed by atoms with van der Waals surface area (Å²) in [6, 6.07) is 0.648. The van der Waals surface area contributed by atoms with Crippen molar-refractivity contribution >= 4 is 0 Å². The van der Waals surface area contributed by atoms with Crippen molar-refractivity contribution in [3.05, 3.63) is 36.1 Å². The van der Waals surface area contributed by atoms with E-state index in [1.807, 2.05) is 6.08 Å². The zero-order valence-corrected chi connectivity index (χ0v) is 7.93. The Morgan fingerprint density at radius 2 is 2.42 bits per heavy atom. The Hall–Kier alpha value is -0.980. The minimum Gasteiger partial charge on any atom is -0.382 e. The topological polar surface area (TPSA) is 12.0 Å². The molecule has 12 heavy (non-hydrogen) atoms. The van der Waals surface area contributed by atoms with Crippen LogP contribution in [-0.2, 0) is 0 Å². The normalized spacial score (nSPS) is 23.3. The van der Waals surface area contributed by atoms with E-state index in [4.69, 9.17) is 0 Å².